The van der Waals surface area contributed by atoms with Crippen molar-refractivity contribution in [2.45, 2.75) is 19.5 Å². The average Bonchev–Trinajstić information content (AvgIpc) is 3.08. The third-order valence-corrected chi connectivity index (χ3v) is 3.89. The maximum Gasteiger partial charge on any atom is 0.146 e. The fourth-order valence-corrected chi connectivity index (χ4v) is 2.93. The van der Waals surface area contributed by atoms with Crippen LogP contribution in [0, 0.1) is 0 Å². The van der Waals surface area contributed by atoms with Gasteiger partial charge in [-0.3, -0.25) is 9.98 Å². The topological polar surface area (TPSA) is 40.5 Å². The smallest absolute Gasteiger partial charge is 0.146 e. The molecular formula is C19H17N3. The molecule has 0 unspecified atom stereocenters. The van der Waals surface area contributed by atoms with Crippen LogP contribution >= 0.6 is 0 Å². The van der Waals surface area contributed by atoms with E-state index in [-0.39, 0.29) is 0 Å². The molecule has 1 aliphatic heterocycles. The van der Waals surface area contributed by atoms with Crippen molar-refractivity contribution in [2.75, 3.05) is 0 Å². The van der Waals surface area contributed by atoms with Gasteiger partial charge in [0.2, 0.25) is 0 Å². The Balaban J connectivity index is 1.92. The highest BCUT2D eigenvalue weighted by Crippen LogP contribution is 2.28. The molecule has 0 saturated carbocycles. The molecule has 3 nitrogen and oxygen atoms in total. The second-order valence-electron chi connectivity index (χ2n) is 6.03. The molecule has 0 spiro atoms. The molecule has 1 N–H and O–H groups in total. The number of aromatic nitrogens is 1. The van der Waals surface area contributed by atoms with E-state index in [0.717, 1.165) is 28.1 Å². The van der Waals surface area contributed by atoms with Crippen molar-refractivity contribution in [2.24, 2.45) is 9.98 Å². The van der Waals surface area contributed by atoms with Crippen molar-refractivity contribution in [3.05, 3.63) is 71.9 Å². The number of hydrogen-bond acceptors (Lipinski definition) is 2. The zero-order chi connectivity index (χ0) is 15.2. The Morgan fingerprint density at radius 3 is 2.32 bits per heavy atom. The van der Waals surface area contributed by atoms with Crippen molar-refractivity contribution in [1.82, 2.24) is 4.98 Å². The minimum atomic E-state index is -0.418. The summed E-state index contributed by atoms with van der Waals surface area (Å²) in [7, 11) is 0. The maximum absolute atomic E-state index is 4.86. The van der Waals surface area contributed by atoms with Gasteiger partial charge in [-0.15, -0.1) is 0 Å². The summed E-state index contributed by atoms with van der Waals surface area (Å²) in [6.07, 6.45) is 2.03. The van der Waals surface area contributed by atoms with Gasteiger partial charge < -0.3 is 4.98 Å². The van der Waals surface area contributed by atoms with Gasteiger partial charge in [-0.1, -0.05) is 48.5 Å². The summed E-state index contributed by atoms with van der Waals surface area (Å²) in [6, 6.07) is 18.6. The van der Waals surface area contributed by atoms with Crippen LogP contribution in [0.3, 0.4) is 0 Å². The lowest BCUT2D eigenvalue weighted by molar-refractivity contribution is 0.567. The van der Waals surface area contributed by atoms with Gasteiger partial charge in [0.25, 0.3) is 0 Å². The molecule has 3 aromatic rings. The summed E-state index contributed by atoms with van der Waals surface area (Å²) in [4.78, 5) is 13.0. The van der Waals surface area contributed by atoms with E-state index < -0.39 is 5.66 Å². The first-order valence-electron chi connectivity index (χ1n) is 7.46. The van der Waals surface area contributed by atoms with Crippen molar-refractivity contribution in [3.63, 3.8) is 0 Å². The molecule has 0 saturated heterocycles. The normalized spacial score (nSPS) is 16.6. The predicted octanol–water partition coefficient (Wildman–Crippen LogP) is 4.20. The second kappa shape index (κ2) is 4.67. The van der Waals surface area contributed by atoms with Gasteiger partial charge >= 0.3 is 0 Å². The van der Waals surface area contributed by atoms with E-state index in [9.17, 15) is 0 Å². The zero-order valence-electron chi connectivity index (χ0n) is 12.7. The van der Waals surface area contributed by atoms with E-state index in [0.29, 0.717) is 0 Å². The molecule has 108 valence electrons. The fraction of sp³-hybridized carbons (Fsp3) is 0.158. The van der Waals surface area contributed by atoms with Gasteiger partial charge in [0, 0.05) is 28.2 Å². The van der Waals surface area contributed by atoms with E-state index in [1.807, 2.05) is 44.3 Å². The number of para-hydroxylation sites is 1. The van der Waals surface area contributed by atoms with Crippen LogP contribution in [0.25, 0.3) is 10.9 Å². The molecule has 0 fully saturated rings. The lowest BCUT2D eigenvalue weighted by Crippen LogP contribution is -2.13. The largest absolute Gasteiger partial charge is 0.360 e. The highest BCUT2D eigenvalue weighted by molar-refractivity contribution is 6.56. The fourth-order valence-electron chi connectivity index (χ4n) is 2.93. The monoisotopic (exact) mass is 287 g/mol. The predicted molar refractivity (Wildman–Crippen MR) is 91.9 cm³/mol. The Morgan fingerprint density at radius 1 is 0.818 bits per heavy atom. The number of aliphatic imine (C=N–C) groups is 2. The number of nitrogens with zero attached hydrogens (tertiary/aromatic N) is 2. The van der Waals surface area contributed by atoms with E-state index >= 15 is 0 Å². The lowest BCUT2D eigenvalue weighted by Gasteiger charge is -2.07. The third kappa shape index (κ3) is 2.06. The summed E-state index contributed by atoms with van der Waals surface area (Å²) < 4.78 is 0. The van der Waals surface area contributed by atoms with Crippen LogP contribution in [0.2, 0.25) is 0 Å². The van der Waals surface area contributed by atoms with Crippen molar-refractivity contribution in [3.8, 4) is 0 Å². The first kappa shape index (κ1) is 13.0. The minimum Gasteiger partial charge on any atom is -0.360 e. The van der Waals surface area contributed by atoms with Gasteiger partial charge in [-0.2, -0.15) is 0 Å². The second-order valence-corrected chi connectivity index (χ2v) is 6.03. The molecule has 0 radical (unpaired) electrons. The van der Waals surface area contributed by atoms with Crippen LogP contribution in [-0.2, 0) is 0 Å². The molecule has 0 bridgehead atoms. The average molecular weight is 287 g/mol. The summed E-state index contributed by atoms with van der Waals surface area (Å²) in [6.45, 7) is 4.08. The van der Waals surface area contributed by atoms with Gasteiger partial charge in [0.05, 0.1) is 11.4 Å². The quantitative estimate of drug-likeness (QED) is 0.734. The van der Waals surface area contributed by atoms with Gasteiger partial charge in [0.1, 0.15) is 5.66 Å². The van der Waals surface area contributed by atoms with Crippen LogP contribution in [0.1, 0.15) is 25.0 Å². The van der Waals surface area contributed by atoms with Crippen LogP contribution < -0.4 is 0 Å². The molecule has 2 aromatic carbocycles. The molecular weight excluding hydrogens is 270 g/mol. The molecule has 0 atom stereocenters. The first-order valence-corrected chi connectivity index (χ1v) is 7.46. The molecule has 4 rings (SSSR count). The Labute approximate surface area is 129 Å². The maximum atomic E-state index is 4.86. The number of hydrogen-bond donors (Lipinski definition) is 1. The summed E-state index contributed by atoms with van der Waals surface area (Å²) >= 11 is 0. The van der Waals surface area contributed by atoms with E-state index in [4.69, 9.17) is 9.98 Å². The van der Waals surface area contributed by atoms with Crippen molar-refractivity contribution < 1.29 is 0 Å². The highest BCUT2D eigenvalue weighted by atomic mass is 15.1. The molecule has 1 aliphatic rings. The Kier molecular flexibility index (Phi) is 2.76. The number of aromatic amines is 1. The van der Waals surface area contributed by atoms with Crippen LogP contribution in [0.4, 0.5) is 0 Å². The molecule has 1 aromatic heterocycles. The summed E-state index contributed by atoms with van der Waals surface area (Å²) in [5, 5.41) is 1.18. The standard InChI is InChI=1S/C19H17N3/c1-19(2)21-17(13-8-4-3-5-9-13)18(22-19)15-12-20-16-11-7-6-10-14(15)16/h3-12,20H,1-2H3. The number of rotatable bonds is 2. The molecule has 0 amide bonds. The number of H-pyrrole nitrogens is 1. The van der Waals surface area contributed by atoms with Crippen LogP contribution in [0.5, 0.6) is 0 Å². The number of benzene rings is 2. The third-order valence-electron chi connectivity index (χ3n) is 3.89. The van der Waals surface area contributed by atoms with Gasteiger partial charge in [-0.05, 0) is 19.9 Å². The van der Waals surface area contributed by atoms with Gasteiger partial charge in [-0.25, -0.2) is 0 Å². The van der Waals surface area contributed by atoms with E-state index in [2.05, 4.69) is 35.3 Å². The number of fused-ring (bicyclic) bond motifs is 1. The highest BCUT2D eigenvalue weighted by Gasteiger charge is 2.29. The summed E-state index contributed by atoms with van der Waals surface area (Å²) in [5.41, 5.74) is 4.86. The molecule has 3 heteroatoms. The van der Waals surface area contributed by atoms with Crippen molar-refractivity contribution >= 4 is 22.3 Å². The van der Waals surface area contributed by atoms with E-state index in [1.165, 1.54) is 5.39 Å². The SMILES string of the molecule is CC1(C)N=C(c2ccccc2)C(c2c[nH]c3ccccc23)=N1. The molecule has 22 heavy (non-hydrogen) atoms. The zero-order valence-corrected chi connectivity index (χ0v) is 12.7. The summed E-state index contributed by atoms with van der Waals surface area (Å²) in [5.74, 6) is 0. The number of nitrogens with one attached hydrogen (secondary N) is 1. The van der Waals surface area contributed by atoms with Gasteiger partial charge in [0.15, 0.2) is 0 Å². The minimum absolute atomic E-state index is 0.418. The van der Waals surface area contributed by atoms with Crippen LogP contribution in [-0.4, -0.2) is 22.1 Å². The lowest BCUT2D eigenvalue weighted by atomic mass is 10.00. The molecule has 2 heterocycles. The first-order chi connectivity index (χ1) is 10.6. The Morgan fingerprint density at radius 2 is 1.50 bits per heavy atom. The van der Waals surface area contributed by atoms with E-state index in [1.54, 1.807) is 0 Å². The molecule has 0 aliphatic carbocycles. The van der Waals surface area contributed by atoms with Crippen LogP contribution in [0.15, 0.2) is 70.8 Å². The van der Waals surface area contributed by atoms with Crippen molar-refractivity contribution in [1.29, 1.82) is 0 Å². The Hall–Kier alpha value is -2.68. The Bertz CT molecular complexity index is 899.